The van der Waals surface area contributed by atoms with Crippen molar-refractivity contribution in [3.8, 4) is 0 Å². The molecule has 0 aliphatic heterocycles. The topological polar surface area (TPSA) is 26.3 Å². The highest BCUT2D eigenvalue weighted by atomic mass is 16.5. The molecule has 2 nitrogen and oxygen atoms in total. The quantitative estimate of drug-likeness (QED) is 0.758. The van der Waals surface area contributed by atoms with Crippen molar-refractivity contribution in [3.63, 3.8) is 0 Å². The molecule has 0 bridgehead atoms. The summed E-state index contributed by atoms with van der Waals surface area (Å²) in [6.45, 7) is 6.51. The molecule has 0 amide bonds. The molecule has 2 heteroatoms. The van der Waals surface area contributed by atoms with Crippen LogP contribution in [0.5, 0.6) is 0 Å². The third-order valence-corrected chi connectivity index (χ3v) is 4.04. The van der Waals surface area contributed by atoms with E-state index in [0.29, 0.717) is 5.92 Å². The smallest absolute Gasteiger partial charge is 0.312 e. The zero-order chi connectivity index (χ0) is 13.3. The molecule has 1 aliphatic carbocycles. The van der Waals surface area contributed by atoms with Crippen LogP contribution >= 0.6 is 0 Å². The summed E-state index contributed by atoms with van der Waals surface area (Å²) in [6, 6.07) is 6.60. The molecule has 18 heavy (non-hydrogen) atoms. The molecule has 0 radical (unpaired) electrons. The van der Waals surface area contributed by atoms with Crippen molar-refractivity contribution >= 4 is 5.97 Å². The summed E-state index contributed by atoms with van der Waals surface area (Å²) in [5, 5.41) is 0. The van der Waals surface area contributed by atoms with Gasteiger partial charge in [0.2, 0.25) is 0 Å². The number of methoxy groups -OCH3 is 1. The van der Waals surface area contributed by atoms with Gasteiger partial charge in [-0.25, -0.2) is 0 Å². The number of benzene rings is 1. The van der Waals surface area contributed by atoms with E-state index in [0.717, 1.165) is 19.3 Å². The van der Waals surface area contributed by atoms with E-state index in [4.69, 9.17) is 4.74 Å². The first kappa shape index (κ1) is 13.1. The summed E-state index contributed by atoms with van der Waals surface area (Å²) >= 11 is 0. The summed E-state index contributed by atoms with van der Waals surface area (Å²) < 4.78 is 4.93. The highest BCUT2D eigenvalue weighted by Crippen LogP contribution is 2.49. The molecule has 1 aliphatic rings. The predicted molar refractivity (Wildman–Crippen MR) is 72.7 cm³/mol. The van der Waals surface area contributed by atoms with Crippen LogP contribution < -0.4 is 0 Å². The van der Waals surface area contributed by atoms with Crippen LogP contribution in [0.2, 0.25) is 0 Å². The summed E-state index contributed by atoms with van der Waals surface area (Å²) in [7, 11) is 1.49. The molecular formula is C16H22O2. The van der Waals surface area contributed by atoms with Crippen LogP contribution in [0.3, 0.4) is 0 Å². The minimum Gasteiger partial charge on any atom is -0.469 e. The number of aryl methyl sites for hydroxylation is 1. The van der Waals surface area contributed by atoms with E-state index >= 15 is 0 Å². The monoisotopic (exact) mass is 246 g/mol. The Morgan fingerprint density at radius 3 is 2.56 bits per heavy atom. The Morgan fingerprint density at radius 2 is 2.06 bits per heavy atom. The maximum absolute atomic E-state index is 11.8. The van der Waals surface area contributed by atoms with Gasteiger partial charge in [-0.15, -0.1) is 0 Å². The summed E-state index contributed by atoms with van der Waals surface area (Å²) in [6.07, 6.45) is 2.75. The molecular weight excluding hydrogens is 224 g/mol. The molecule has 0 atom stereocenters. The van der Waals surface area contributed by atoms with Crippen LogP contribution in [0.4, 0.5) is 0 Å². The number of hydrogen-bond donors (Lipinski definition) is 0. The number of ether oxygens (including phenoxy) is 1. The minimum atomic E-state index is -0.227. The second-order valence-electron chi connectivity index (χ2n) is 5.79. The Morgan fingerprint density at radius 1 is 1.39 bits per heavy atom. The second-order valence-corrected chi connectivity index (χ2v) is 5.79. The fourth-order valence-corrected chi connectivity index (χ4v) is 2.43. The average molecular weight is 246 g/mol. The van der Waals surface area contributed by atoms with Gasteiger partial charge in [-0.05, 0) is 48.8 Å². The van der Waals surface area contributed by atoms with Crippen molar-refractivity contribution in [1.29, 1.82) is 0 Å². The number of hydrogen-bond acceptors (Lipinski definition) is 2. The van der Waals surface area contributed by atoms with Crippen molar-refractivity contribution < 1.29 is 9.53 Å². The molecule has 0 aromatic heterocycles. The zero-order valence-electron chi connectivity index (χ0n) is 11.7. The Bertz CT molecular complexity index is 456. The Labute approximate surface area is 109 Å². The van der Waals surface area contributed by atoms with Gasteiger partial charge in [-0.1, -0.05) is 32.0 Å². The number of carbonyl (C=O) groups excluding carboxylic acids is 1. The lowest BCUT2D eigenvalue weighted by Crippen LogP contribution is -2.20. The van der Waals surface area contributed by atoms with Gasteiger partial charge in [-0.2, -0.15) is 0 Å². The van der Waals surface area contributed by atoms with Crippen molar-refractivity contribution in [2.45, 2.75) is 46.0 Å². The number of rotatable bonds is 4. The van der Waals surface area contributed by atoms with Crippen molar-refractivity contribution in [1.82, 2.24) is 0 Å². The van der Waals surface area contributed by atoms with E-state index in [1.165, 1.54) is 23.8 Å². The SMILES string of the molecule is COC(=O)C1(Cc2cc(C(C)C)ccc2C)CC1. The minimum absolute atomic E-state index is 0.0446. The normalized spacial score (nSPS) is 16.7. The van der Waals surface area contributed by atoms with Crippen LogP contribution in [-0.2, 0) is 16.0 Å². The standard InChI is InChI=1S/C16H22O2/c1-11(2)13-6-5-12(3)14(9-13)10-16(7-8-16)15(17)18-4/h5-6,9,11H,7-8,10H2,1-4H3. The Hall–Kier alpha value is -1.31. The molecule has 0 N–H and O–H groups in total. The van der Waals surface area contributed by atoms with Gasteiger partial charge in [0, 0.05) is 0 Å². The summed E-state index contributed by atoms with van der Waals surface area (Å²) in [5.74, 6) is 0.481. The molecule has 0 spiro atoms. The molecule has 0 unspecified atom stereocenters. The summed E-state index contributed by atoms with van der Waals surface area (Å²) in [4.78, 5) is 11.8. The van der Waals surface area contributed by atoms with E-state index in [-0.39, 0.29) is 11.4 Å². The van der Waals surface area contributed by atoms with Crippen molar-refractivity contribution in [2.75, 3.05) is 7.11 Å². The van der Waals surface area contributed by atoms with Gasteiger partial charge in [0.05, 0.1) is 12.5 Å². The van der Waals surface area contributed by atoms with Crippen molar-refractivity contribution in [2.24, 2.45) is 5.41 Å². The van der Waals surface area contributed by atoms with E-state index in [9.17, 15) is 4.79 Å². The lowest BCUT2D eigenvalue weighted by molar-refractivity contribution is -0.147. The third-order valence-electron chi connectivity index (χ3n) is 4.04. The maximum Gasteiger partial charge on any atom is 0.312 e. The van der Waals surface area contributed by atoms with Gasteiger partial charge in [0.25, 0.3) is 0 Å². The van der Waals surface area contributed by atoms with Gasteiger partial charge in [-0.3, -0.25) is 4.79 Å². The second kappa shape index (κ2) is 4.75. The van der Waals surface area contributed by atoms with E-state index in [2.05, 4.69) is 39.0 Å². The third kappa shape index (κ3) is 2.43. The van der Waals surface area contributed by atoms with Crippen LogP contribution in [-0.4, -0.2) is 13.1 Å². The van der Waals surface area contributed by atoms with Crippen molar-refractivity contribution in [3.05, 3.63) is 34.9 Å². The van der Waals surface area contributed by atoms with E-state index < -0.39 is 0 Å². The maximum atomic E-state index is 11.8. The van der Waals surface area contributed by atoms with E-state index in [1.807, 2.05) is 0 Å². The Balaban J connectivity index is 2.24. The lowest BCUT2D eigenvalue weighted by Gasteiger charge is -2.16. The zero-order valence-corrected chi connectivity index (χ0v) is 11.7. The molecule has 1 saturated carbocycles. The van der Waals surface area contributed by atoms with Gasteiger partial charge >= 0.3 is 5.97 Å². The number of esters is 1. The largest absolute Gasteiger partial charge is 0.469 e. The number of carbonyl (C=O) groups is 1. The fraction of sp³-hybridized carbons (Fsp3) is 0.562. The molecule has 98 valence electrons. The first-order chi connectivity index (χ1) is 8.48. The molecule has 1 aromatic rings. The highest BCUT2D eigenvalue weighted by molar-refractivity contribution is 5.80. The van der Waals surface area contributed by atoms with Crippen LogP contribution in [0.25, 0.3) is 0 Å². The lowest BCUT2D eigenvalue weighted by atomic mass is 9.90. The van der Waals surface area contributed by atoms with Gasteiger partial charge in [0.15, 0.2) is 0 Å². The molecule has 0 saturated heterocycles. The highest BCUT2D eigenvalue weighted by Gasteiger charge is 2.50. The van der Waals surface area contributed by atoms with Gasteiger partial charge < -0.3 is 4.74 Å². The van der Waals surface area contributed by atoms with Crippen LogP contribution in [0.15, 0.2) is 18.2 Å². The first-order valence-electron chi connectivity index (χ1n) is 6.66. The fourth-order valence-electron chi connectivity index (χ4n) is 2.43. The molecule has 1 aromatic carbocycles. The average Bonchev–Trinajstić information content (AvgIpc) is 3.11. The van der Waals surface area contributed by atoms with E-state index in [1.54, 1.807) is 0 Å². The summed E-state index contributed by atoms with van der Waals surface area (Å²) in [5.41, 5.74) is 3.68. The molecule has 2 rings (SSSR count). The van der Waals surface area contributed by atoms with Crippen LogP contribution in [0, 0.1) is 12.3 Å². The molecule has 1 fully saturated rings. The first-order valence-corrected chi connectivity index (χ1v) is 6.66. The van der Waals surface area contributed by atoms with Crippen LogP contribution in [0.1, 0.15) is 49.3 Å². The Kier molecular flexibility index (Phi) is 3.47. The predicted octanol–water partition coefficient (Wildman–Crippen LogP) is 3.61. The molecule has 0 heterocycles. The van der Waals surface area contributed by atoms with Gasteiger partial charge in [0.1, 0.15) is 0 Å².